The molecule has 0 radical (unpaired) electrons. The highest BCUT2D eigenvalue weighted by molar-refractivity contribution is 5.80. The van der Waals surface area contributed by atoms with Crippen LogP contribution in [0.4, 0.5) is 4.79 Å². The van der Waals surface area contributed by atoms with Crippen LogP contribution in [0.25, 0.3) is 0 Å². The summed E-state index contributed by atoms with van der Waals surface area (Å²) in [6, 6.07) is 7.80. The average Bonchev–Trinajstić information content (AvgIpc) is 2.53. The number of carbonyl (C=O) groups is 2. The number of nitrogens with zero attached hydrogens (tertiary/aromatic N) is 1. The third kappa shape index (κ3) is 4.24. The van der Waals surface area contributed by atoms with Crippen molar-refractivity contribution < 1.29 is 9.59 Å². The fraction of sp³-hybridized carbons (Fsp3) is 0.556. The number of primary amides is 1. The maximum Gasteiger partial charge on any atom is 0.314 e. The third-order valence-corrected chi connectivity index (χ3v) is 4.68. The Bertz CT molecular complexity index is 583. The number of amides is 3. The van der Waals surface area contributed by atoms with Gasteiger partial charge in [0, 0.05) is 25.0 Å². The van der Waals surface area contributed by atoms with Crippen LogP contribution in [0.5, 0.6) is 0 Å². The summed E-state index contributed by atoms with van der Waals surface area (Å²) < 4.78 is 0. The van der Waals surface area contributed by atoms with E-state index in [4.69, 9.17) is 5.73 Å². The molecule has 23 heavy (non-hydrogen) atoms. The molecule has 1 aliphatic heterocycles. The van der Waals surface area contributed by atoms with Gasteiger partial charge in [-0.25, -0.2) is 4.79 Å². The van der Waals surface area contributed by atoms with Gasteiger partial charge < -0.3 is 16.0 Å². The van der Waals surface area contributed by atoms with Crippen LogP contribution in [0.3, 0.4) is 0 Å². The first-order chi connectivity index (χ1) is 10.8. The Labute approximate surface area is 138 Å². The predicted molar refractivity (Wildman–Crippen MR) is 91.1 cm³/mol. The average molecular weight is 317 g/mol. The number of urea groups is 1. The molecule has 5 heteroatoms. The van der Waals surface area contributed by atoms with Crippen LogP contribution in [0.1, 0.15) is 37.8 Å². The lowest BCUT2D eigenvalue weighted by molar-refractivity contribution is -0.126. The first-order valence-corrected chi connectivity index (χ1v) is 8.19. The molecule has 0 saturated carbocycles. The van der Waals surface area contributed by atoms with Gasteiger partial charge >= 0.3 is 6.03 Å². The number of likely N-dealkylation sites (tertiary alicyclic amines) is 1. The summed E-state index contributed by atoms with van der Waals surface area (Å²) in [5, 5.41) is 3.06. The molecule has 3 amide bonds. The summed E-state index contributed by atoms with van der Waals surface area (Å²) in [6.45, 7) is 7.99. The quantitative estimate of drug-likeness (QED) is 0.893. The number of nitrogens with two attached hydrogens (primary N) is 1. The van der Waals surface area contributed by atoms with Gasteiger partial charge in [-0.3, -0.25) is 4.79 Å². The summed E-state index contributed by atoms with van der Waals surface area (Å²) in [7, 11) is 0. The van der Waals surface area contributed by atoms with E-state index in [1.807, 2.05) is 12.1 Å². The Balaban J connectivity index is 1.96. The Morgan fingerprint density at radius 1 is 1.35 bits per heavy atom. The fourth-order valence-electron chi connectivity index (χ4n) is 3.27. The number of hydrogen-bond donors (Lipinski definition) is 2. The molecule has 1 aromatic rings. The van der Waals surface area contributed by atoms with Crippen molar-refractivity contribution in [1.29, 1.82) is 0 Å². The van der Waals surface area contributed by atoms with Crippen molar-refractivity contribution in [3.63, 3.8) is 0 Å². The standard InChI is InChI=1S/C18H27N3O2/c1-13-7-4-5-9-15(13)18(2,3)12-20-16(22)14-8-6-10-21(11-14)17(19)23/h4-5,7,9,14H,6,8,10-12H2,1-3H3,(H2,19,23)(H,20,22)/t14-/m0/s1. The maximum absolute atomic E-state index is 12.4. The van der Waals surface area contributed by atoms with Gasteiger partial charge in [-0.15, -0.1) is 0 Å². The lowest BCUT2D eigenvalue weighted by Gasteiger charge is -2.32. The van der Waals surface area contributed by atoms with E-state index in [2.05, 4.69) is 38.2 Å². The molecule has 1 atom stereocenters. The van der Waals surface area contributed by atoms with Crippen molar-refractivity contribution in [2.75, 3.05) is 19.6 Å². The molecule has 5 nitrogen and oxygen atoms in total. The molecule has 1 saturated heterocycles. The van der Waals surface area contributed by atoms with E-state index < -0.39 is 6.03 Å². The molecule has 1 fully saturated rings. The molecular formula is C18H27N3O2. The molecule has 1 aromatic carbocycles. The number of hydrogen-bond acceptors (Lipinski definition) is 2. The highest BCUT2D eigenvalue weighted by Crippen LogP contribution is 2.25. The van der Waals surface area contributed by atoms with Gasteiger partial charge in [0.05, 0.1) is 5.92 Å². The summed E-state index contributed by atoms with van der Waals surface area (Å²) in [5.74, 6) is -0.151. The minimum Gasteiger partial charge on any atom is -0.355 e. The lowest BCUT2D eigenvalue weighted by atomic mass is 9.82. The molecule has 0 aliphatic carbocycles. The third-order valence-electron chi connectivity index (χ3n) is 4.68. The minimum absolute atomic E-state index is 0.0117. The van der Waals surface area contributed by atoms with E-state index in [-0.39, 0.29) is 17.2 Å². The molecular weight excluding hydrogens is 290 g/mol. The smallest absolute Gasteiger partial charge is 0.314 e. The Morgan fingerprint density at radius 2 is 2.04 bits per heavy atom. The summed E-state index contributed by atoms with van der Waals surface area (Å²) in [5.41, 5.74) is 7.65. The van der Waals surface area contributed by atoms with Gasteiger partial charge in [-0.2, -0.15) is 0 Å². The zero-order valence-corrected chi connectivity index (χ0v) is 14.3. The number of nitrogens with one attached hydrogen (secondary N) is 1. The fourth-order valence-corrected chi connectivity index (χ4v) is 3.27. The number of carbonyl (C=O) groups excluding carboxylic acids is 2. The van der Waals surface area contributed by atoms with Crippen LogP contribution >= 0.6 is 0 Å². The van der Waals surface area contributed by atoms with Crippen molar-refractivity contribution in [3.8, 4) is 0 Å². The van der Waals surface area contributed by atoms with Crippen molar-refractivity contribution in [2.24, 2.45) is 11.7 Å². The minimum atomic E-state index is -0.442. The Hall–Kier alpha value is -2.04. The van der Waals surface area contributed by atoms with E-state index in [1.54, 1.807) is 4.90 Å². The number of piperidine rings is 1. The molecule has 0 aromatic heterocycles. The molecule has 126 valence electrons. The topological polar surface area (TPSA) is 75.4 Å². The highest BCUT2D eigenvalue weighted by atomic mass is 16.2. The Kier molecular flexibility index (Phi) is 5.29. The van der Waals surface area contributed by atoms with Crippen LogP contribution in [-0.2, 0) is 10.2 Å². The second-order valence-electron chi connectivity index (χ2n) is 7.04. The Morgan fingerprint density at radius 3 is 2.70 bits per heavy atom. The van der Waals surface area contributed by atoms with E-state index in [0.29, 0.717) is 19.6 Å². The molecule has 1 heterocycles. The van der Waals surface area contributed by atoms with Gasteiger partial charge in [0.15, 0.2) is 0 Å². The van der Waals surface area contributed by atoms with Crippen molar-refractivity contribution in [2.45, 2.75) is 39.0 Å². The monoisotopic (exact) mass is 317 g/mol. The molecule has 1 aliphatic rings. The van der Waals surface area contributed by atoms with Gasteiger partial charge in [0.25, 0.3) is 0 Å². The van der Waals surface area contributed by atoms with E-state index >= 15 is 0 Å². The molecule has 3 N–H and O–H groups in total. The SMILES string of the molecule is Cc1ccccc1C(C)(C)CNC(=O)[C@H]1CCCN(C(N)=O)C1. The van der Waals surface area contributed by atoms with Gasteiger partial charge in [-0.1, -0.05) is 38.1 Å². The van der Waals surface area contributed by atoms with Gasteiger partial charge in [0.2, 0.25) is 5.91 Å². The molecule has 0 bridgehead atoms. The van der Waals surface area contributed by atoms with E-state index in [9.17, 15) is 9.59 Å². The zero-order valence-electron chi connectivity index (χ0n) is 14.3. The maximum atomic E-state index is 12.4. The van der Waals surface area contributed by atoms with Crippen LogP contribution in [0, 0.1) is 12.8 Å². The van der Waals surface area contributed by atoms with Crippen LogP contribution < -0.4 is 11.1 Å². The second kappa shape index (κ2) is 7.02. The largest absolute Gasteiger partial charge is 0.355 e. The summed E-state index contributed by atoms with van der Waals surface area (Å²) in [6.07, 6.45) is 1.63. The van der Waals surface area contributed by atoms with Gasteiger partial charge in [0.1, 0.15) is 0 Å². The molecule has 2 rings (SSSR count). The number of benzene rings is 1. The van der Waals surface area contributed by atoms with E-state index in [1.165, 1.54) is 11.1 Å². The molecule has 0 spiro atoms. The lowest BCUT2D eigenvalue weighted by Crippen LogP contribution is -2.48. The highest BCUT2D eigenvalue weighted by Gasteiger charge is 2.29. The van der Waals surface area contributed by atoms with Crippen LogP contribution in [0.15, 0.2) is 24.3 Å². The zero-order chi connectivity index (χ0) is 17.0. The van der Waals surface area contributed by atoms with Crippen molar-refractivity contribution in [1.82, 2.24) is 10.2 Å². The number of rotatable bonds is 4. The normalized spacial score (nSPS) is 18.6. The van der Waals surface area contributed by atoms with E-state index in [0.717, 1.165) is 12.8 Å². The van der Waals surface area contributed by atoms with Gasteiger partial charge in [-0.05, 0) is 30.9 Å². The summed E-state index contributed by atoms with van der Waals surface area (Å²) in [4.78, 5) is 25.3. The van der Waals surface area contributed by atoms with Crippen LogP contribution in [0.2, 0.25) is 0 Å². The number of aryl methyl sites for hydroxylation is 1. The predicted octanol–water partition coefficient (Wildman–Crippen LogP) is 2.18. The summed E-state index contributed by atoms with van der Waals surface area (Å²) >= 11 is 0. The molecule has 0 unspecified atom stereocenters. The van der Waals surface area contributed by atoms with Crippen molar-refractivity contribution in [3.05, 3.63) is 35.4 Å². The van der Waals surface area contributed by atoms with Crippen LogP contribution in [-0.4, -0.2) is 36.5 Å². The first kappa shape index (κ1) is 17.3. The first-order valence-electron chi connectivity index (χ1n) is 8.19. The van der Waals surface area contributed by atoms with Crippen molar-refractivity contribution >= 4 is 11.9 Å². The second-order valence-corrected chi connectivity index (χ2v) is 7.04.